The fraction of sp³-hybridized carbons (Fsp3) is 0.263. The Bertz CT molecular complexity index is 966. The summed E-state index contributed by atoms with van der Waals surface area (Å²) in [5.74, 6) is -0.181. The van der Waals surface area contributed by atoms with Gasteiger partial charge in [0.25, 0.3) is 11.6 Å². The van der Waals surface area contributed by atoms with E-state index in [2.05, 4.69) is 5.32 Å². The normalized spacial score (nSPS) is 16.1. The first-order valence-electron chi connectivity index (χ1n) is 8.48. The van der Waals surface area contributed by atoms with E-state index in [1.807, 2.05) is 26.0 Å². The van der Waals surface area contributed by atoms with Gasteiger partial charge in [-0.15, -0.1) is 11.8 Å². The molecule has 1 fully saturated rings. The van der Waals surface area contributed by atoms with Crippen LogP contribution in [0.4, 0.5) is 11.4 Å². The highest BCUT2D eigenvalue weighted by molar-refractivity contribution is 7.99. The molecule has 0 spiro atoms. The Labute approximate surface area is 171 Å². The number of carbonyl (C=O) groups is 2. The Hall–Kier alpha value is -2.58. The van der Waals surface area contributed by atoms with Gasteiger partial charge in [-0.3, -0.25) is 19.7 Å². The summed E-state index contributed by atoms with van der Waals surface area (Å²) in [7, 11) is 0. The van der Waals surface area contributed by atoms with Gasteiger partial charge in [-0.25, -0.2) is 0 Å². The SMILES string of the molecule is Cc1ccc(NC(=O)C2CSCN2C(=O)c2ccc(Cl)cc2[N+](=O)[O-])cc1C. The van der Waals surface area contributed by atoms with E-state index in [0.717, 1.165) is 17.2 Å². The predicted molar refractivity (Wildman–Crippen MR) is 110 cm³/mol. The van der Waals surface area contributed by atoms with Gasteiger partial charge in [0, 0.05) is 22.5 Å². The molecule has 2 amide bonds. The van der Waals surface area contributed by atoms with Crippen molar-refractivity contribution in [3.8, 4) is 0 Å². The number of anilines is 1. The van der Waals surface area contributed by atoms with Gasteiger partial charge >= 0.3 is 0 Å². The van der Waals surface area contributed by atoms with Crippen molar-refractivity contribution in [3.63, 3.8) is 0 Å². The lowest BCUT2D eigenvalue weighted by Crippen LogP contribution is -2.44. The molecule has 2 aromatic carbocycles. The van der Waals surface area contributed by atoms with Crippen molar-refractivity contribution < 1.29 is 14.5 Å². The molecular weight excluding hydrogens is 402 g/mol. The van der Waals surface area contributed by atoms with Crippen LogP contribution < -0.4 is 5.32 Å². The zero-order valence-electron chi connectivity index (χ0n) is 15.3. The lowest BCUT2D eigenvalue weighted by Gasteiger charge is -2.23. The number of carbonyl (C=O) groups excluding carboxylic acids is 2. The number of nitrogens with one attached hydrogen (secondary N) is 1. The molecule has 146 valence electrons. The molecule has 0 bridgehead atoms. The maximum atomic E-state index is 12.9. The topological polar surface area (TPSA) is 92.6 Å². The number of nitrogens with zero attached hydrogens (tertiary/aromatic N) is 2. The molecule has 1 N–H and O–H groups in total. The van der Waals surface area contributed by atoms with Crippen LogP contribution in [0.3, 0.4) is 0 Å². The quantitative estimate of drug-likeness (QED) is 0.596. The van der Waals surface area contributed by atoms with Crippen LogP contribution in [0.1, 0.15) is 21.5 Å². The molecule has 1 aliphatic heterocycles. The average Bonchev–Trinajstić information content (AvgIpc) is 3.14. The lowest BCUT2D eigenvalue weighted by atomic mass is 10.1. The summed E-state index contributed by atoms with van der Waals surface area (Å²) in [6.45, 7) is 3.93. The molecule has 0 aliphatic carbocycles. The molecule has 0 radical (unpaired) electrons. The number of nitro benzene ring substituents is 1. The first-order valence-corrected chi connectivity index (χ1v) is 10.0. The van der Waals surface area contributed by atoms with Gasteiger partial charge in [0.2, 0.25) is 5.91 Å². The van der Waals surface area contributed by atoms with Crippen molar-refractivity contribution in [2.45, 2.75) is 19.9 Å². The van der Waals surface area contributed by atoms with Crippen molar-refractivity contribution in [1.29, 1.82) is 0 Å². The Morgan fingerprint density at radius 3 is 2.64 bits per heavy atom. The van der Waals surface area contributed by atoms with E-state index in [-0.39, 0.29) is 28.1 Å². The van der Waals surface area contributed by atoms with Gasteiger partial charge in [0.05, 0.1) is 10.8 Å². The number of hydrogen-bond acceptors (Lipinski definition) is 5. The van der Waals surface area contributed by atoms with Crippen LogP contribution in [0, 0.1) is 24.0 Å². The molecule has 1 aliphatic rings. The van der Waals surface area contributed by atoms with E-state index in [9.17, 15) is 19.7 Å². The Kier molecular flexibility index (Phi) is 5.90. The Morgan fingerprint density at radius 2 is 1.96 bits per heavy atom. The fourth-order valence-electron chi connectivity index (χ4n) is 2.90. The molecular formula is C19H18ClN3O4S. The molecule has 9 heteroatoms. The minimum Gasteiger partial charge on any atom is -0.324 e. The standard InChI is InChI=1S/C19H18ClN3O4S/c1-11-3-5-14(7-12(11)2)21-18(24)17-9-28-10-22(17)19(25)15-6-4-13(20)8-16(15)23(26)27/h3-8,17H,9-10H2,1-2H3,(H,21,24). The molecule has 1 heterocycles. The molecule has 1 unspecified atom stereocenters. The summed E-state index contributed by atoms with van der Waals surface area (Å²) in [6, 6.07) is 8.76. The summed E-state index contributed by atoms with van der Waals surface area (Å²) in [5, 5.41) is 14.3. The van der Waals surface area contributed by atoms with E-state index >= 15 is 0 Å². The summed E-state index contributed by atoms with van der Waals surface area (Å²) < 4.78 is 0. The van der Waals surface area contributed by atoms with Crippen molar-refractivity contribution >= 4 is 46.6 Å². The maximum absolute atomic E-state index is 12.9. The fourth-order valence-corrected chi connectivity index (χ4v) is 4.22. The van der Waals surface area contributed by atoms with Crippen LogP contribution in [0.25, 0.3) is 0 Å². The Morgan fingerprint density at radius 1 is 1.21 bits per heavy atom. The second-order valence-electron chi connectivity index (χ2n) is 6.50. The molecule has 1 atom stereocenters. The summed E-state index contributed by atoms with van der Waals surface area (Å²) >= 11 is 7.24. The summed E-state index contributed by atoms with van der Waals surface area (Å²) in [4.78, 5) is 37.7. The van der Waals surface area contributed by atoms with Crippen LogP contribution in [-0.2, 0) is 4.79 Å². The van der Waals surface area contributed by atoms with Crippen LogP contribution in [0.5, 0.6) is 0 Å². The van der Waals surface area contributed by atoms with Gasteiger partial charge in [0.1, 0.15) is 11.6 Å². The monoisotopic (exact) mass is 419 g/mol. The number of aryl methyl sites for hydroxylation is 2. The number of halogens is 1. The molecule has 28 heavy (non-hydrogen) atoms. The van der Waals surface area contributed by atoms with Gasteiger partial charge in [-0.2, -0.15) is 0 Å². The third-order valence-electron chi connectivity index (χ3n) is 4.61. The summed E-state index contributed by atoms with van der Waals surface area (Å²) in [6.07, 6.45) is 0. The highest BCUT2D eigenvalue weighted by Crippen LogP contribution is 2.29. The third-order valence-corrected chi connectivity index (χ3v) is 5.85. The highest BCUT2D eigenvalue weighted by atomic mass is 35.5. The minimum atomic E-state index is -0.714. The maximum Gasteiger partial charge on any atom is 0.283 e. The van der Waals surface area contributed by atoms with E-state index < -0.39 is 16.9 Å². The van der Waals surface area contributed by atoms with Gasteiger partial charge in [0.15, 0.2) is 0 Å². The number of thioether (sulfide) groups is 1. The van der Waals surface area contributed by atoms with Crippen LogP contribution >= 0.6 is 23.4 Å². The molecule has 0 aromatic heterocycles. The second-order valence-corrected chi connectivity index (χ2v) is 7.93. The molecule has 3 rings (SSSR count). The van der Waals surface area contributed by atoms with Crippen molar-refractivity contribution in [1.82, 2.24) is 4.90 Å². The first kappa shape index (κ1) is 20.2. The molecule has 2 aromatic rings. The zero-order chi connectivity index (χ0) is 20.4. The number of rotatable bonds is 4. The third kappa shape index (κ3) is 4.13. The lowest BCUT2D eigenvalue weighted by molar-refractivity contribution is -0.385. The van der Waals surface area contributed by atoms with Gasteiger partial charge in [-0.1, -0.05) is 17.7 Å². The van der Waals surface area contributed by atoms with Crippen molar-refractivity contribution in [2.24, 2.45) is 0 Å². The van der Waals surface area contributed by atoms with E-state index in [1.165, 1.54) is 28.8 Å². The average molecular weight is 420 g/mol. The number of benzene rings is 2. The number of amides is 2. The van der Waals surface area contributed by atoms with E-state index in [1.54, 1.807) is 6.07 Å². The molecule has 1 saturated heterocycles. The number of nitro groups is 1. The largest absolute Gasteiger partial charge is 0.324 e. The van der Waals surface area contributed by atoms with E-state index in [4.69, 9.17) is 11.6 Å². The Balaban J connectivity index is 1.82. The second kappa shape index (κ2) is 8.20. The minimum absolute atomic E-state index is 0.0825. The summed E-state index contributed by atoms with van der Waals surface area (Å²) in [5.41, 5.74) is 2.35. The highest BCUT2D eigenvalue weighted by Gasteiger charge is 2.37. The van der Waals surface area contributed by atoms with Crippen LogP contribution in [-0.4, -0.2) is 39.3 Å². The number of hydrogen-bond donors (Lipinski definition) is 1. The zero-order valence-corrected chi connectivity index (χ0v) is 16.8. The molecule has 0 saturated carbocycles. The van der Waals surface area contributed by atoms with Crippen LogP contribution in [0.15, 0.2) is 36.4 Å². The molecule has 7 nitrogen and oxygen atoms in total. The van der Waals surface area contributed by atoms with E-state index in [0.29, 0.717) is 11.4 Å². The predicted octanol–water partition coefficient (Wildman–Crippen LogP) is 4.02. The van der Waals surface area contributed by atoms with Crippen molar-refractivity contribution in [3.05, 3.63) is 68.2 Å². The van der Waals surface area contributed by atoms with Crippen LogP contribution in [0.2, 0.25) is 5.02 Å². The van der Waals surface area contributed by atoms with Crippen molar-refractivity contribution in [2.75, 3.05) is 16.9 Å². The van der Waals surface area contributed by atoms with Gasteiger partial charge < -0.3 is 10.2 Å². The first-order chi connectivity index (χ1) is 13.3. The van der Waals surface area contributed by atoms with Gasteiger partial charge in [-0.05, 0) is 49.2 Å². The smallest absolute Gasteiger partial charge is 0.283 e.